The summed E-state index contributed by atoms with van der Waals surface area (Å²) in [6, 6.07) is 11.3. The van der Waals surface area contributed by atoms with Crippen LogP contribution >= 0.6 is 0 Å². The van der Waals surface area contributed by atoms with E-state index in [9.17, 15) is 9.59 Å². The van der Waals surface area contributed by atoms with Crippen LogP contribution in [-0.2, 0) is 17.8 Å². The first-order valence-electron chi connectivity index (χ1n) is 11.7. The molecule has 8 nitrogen and oxygen atoms in total. The SMILES string of the molecule is CCN1CCN(CCCNC(=O)Cn2nc(Cc3ccncc3)c3ccccc3c2=O)CC1. The summed E-state index contributed by atoms with van der Waals surface area (Å²) >= 11 is 0. The van der Waals surface area contributed by atoms with Crippen LogP contribution in [0.1, 0.15) is 24.6 Å². The zero-order valence-electron chi connectivity index (χ0n) is 19.2. The fourth-order valence-electron chi connectivity index (χ4n) is 4.29. The third-order valence-corrected chi connectivity index (χ3v) is 6.24. The van der Waals surface area contributed by atoms with E-state index < -0.39 is 0 Å². The van der Waals surface area contributed by atoms with E-state index in [4.69, 9.17) is 0 Å². The summed E-state index contributed by atoms with van der Waals surface area (Å²) in [7, 11) is 0. The second-order valence-electron chi connectivity index (χ2n) is 8.47. The largest absolute Gasteiger partial charge is 0.354 e. The Labute approximate surface area is 194 Å². The molecule has 0 bridgehead atoms. The number of likely N-dealkylation sites (N-methyl/N-ethyl adjacent to an activating group) is 1. The molecule has 1 aliphatic rings. The molecule has 8 heteroatoms. The van der Waals surface area contributed by atoms with E-state index in [1.54, 1.807) is 18.5 Å². The molecule has 4 rings (SSSR count). The summed E-state index contributed by atoms with van der Waals surface area (Å²) < 4.78 is 1.29. The van der Waals surface area contributed by atoms with E-state index in [1.165, 1.54) is 4.68 Å². The molecule has 0 atom stereocenters. The fourth-order valence-corrected chi connectivity index (χ4v) is 4.29. The van der Waals surface area contributed by atoms with E-state index in [1.807, 2.05) is 30.3 Å². The van der Waals surface area contributed by atoms with E-state index in [0.717, 1.165) is 62.3 Å². The molecule has 1 saturated heterocycles. The Kier molecular flexibility index (Phi) is 7.80. The van der Waals surface area contributed by atoms with Crippen LogP contribution in [0.3, 0.4) is 0 Å². The number of piperazine rings is 1. The lowest BCUT2D eigenvalue weighted by molar-refractivity contribution is -0.121. The van der Waals surface area contributed by atoms with Gasteiger partial charge in [-0.15, -0.1) is 0 Å². The number of rotatable bonds is 9. The highest BCUT2D eigenvalue weighted by Gasteiger charge is 2.16. The number of carbonyl (C=O) groups excluding carboxylic acids is 1. The molecule has 1 amide bonds. The fraction of sp³-hybridized carbons (Fsp3) is 0.440. The molecule has 0 saturated carbocycles. The maximum absolute atomic E-state index is 13.0. The van der Waals surface area contributed by atoms with E-state index in [0.29, 0.717) is 18.4 Å². The lowest BCUT2D eigenvalue weighted by Crippen LogP contribution is -2.46. The Balaban J connectivity index is 1.37. The van der Waals surface area contributed by atoms with Crippen LogP contribution in [0.2, 0.25) is 0 Å². The number of nitrogens with zero attached hydrogens (tertiary/aromatic N) is 5. The summed E-state index contributed by atoms with van der Waals surface area (Å²) in [5.41, 5.74) is 1.58. The van der Waals surface area contributed by atoms with Crippen molar-refractivity contribution in [1.29, 1.82) is 0 Å². The van der Waals surface area contributed by atoms with Gasteiger partial charge in [-0.3, -0.25) is 14.6 Å². The Bertz CT molecular complexity index is 1120. The van der Waals surface area contributed by atoms with Crippen molar-refractivity contribution in [3.63, 3.8) is 0 Å². The van der Waals surface area contributed by atoms with Gasteiger partial charge in [-0.1, -0.05) is 25.1 Å². The Morgan fingerprint density at radius 3 is 2.42 bits per heavy atom. The Morgan fingerprint density at radius 1 is 1.00 bits per heavy atom. The molecule has 3 heterocycles. The lowest BCUT2D eigenvalue weighted by Gasteiger charge is -2.33. The van der Waals surface area contributed by atoms with Gasteiger partial charge in [0.05, 0.1) is 11.1 Å². The van der Waals surface area contributed by atoms with Crippen molar-refractivity contribution >= 4 is 16.7 Å². The standard InChI is InChI=1S/C25H32N6O2/c1-2-29-14-16-30(17-15-29)13-5-10-27-24(32)19-31-25(33)22-7-4-3-6-21(22)23(28-31)18-20-8-11-26-12-9-20/h3-4,6-9,11-12H,2,5,10,13-19H2,1H3,(H,27,32). The minimum Gasteiger partial charge on any atom is -0.354 e. The maximum atomic E-state index is 13.0. The van der Waals surface area contributed by atoms with Gasteiger partial charge in [0.1, 0.15) is 6.54 Å². The van der Waals surface area contributed by atoms with Crippen molar-refractivity contribution in [2.75, 3.05) is 45.8 Å². The Morgan fingerprint density at radius 2 is 1.70 bits per heavy atom. The number of amides is 1. The number of aromatic nitrogens is 3. The van der Waals surface area contributed by atoms with Gasteiger partial charge in [-0.25, -0.2) is 4.68 Å². The second-order valence-corrected chi connectivity index (χ2v) is 8.47. The van der Waals surface area contributed by atoms with E-state index in [-0.39, 0.29) is 18.0 Å². The minimum atomic E-state index is -0.243. The van der Waals surface area contributed by atoms with Crippen molar-refractivity contribution in [1.82, 2.24) is 29.9 Å². The van der Waals surface area contributed by atoms with Crippen LogP contribution in [0.5, 0.6) is 0 Å². The van der Waals surface area contributed by atoms with Gasteiger partial charge >= 0.3 is 0 Å². The van der Waals surface area contributed by atoms with Crippen molar-refractivity contribution in [2.45, 2.75) is 26.3 Å². The molecular weight excluding hydrogens is 416 g/mol. The molecule has 33 heavy (non-hydrogen) atoms. The minimum absolute atomic E-state index is 0.0812. The van der Waals surface area contributed by atoms with Gasteiger partial charge in [0.25, 0.3) is 5.56 Å². The maximum Gasteiger partial charge on any atom is 0.275 e. The molecule has 2 aromatic heterocycles. The van der Waals surface area contributed by atoms with Crippen molar-refractivity contribution < 1.29 is 4.79 Å². The number of hydrogen-bond donors (Lipinski definition) is 1. The van der Waals surface area contributed by atoms with Gasteiger partial charge in [-0.05, 0) is 43.3 Å². The first-order valence-corrected chi connectivity index (χ1v) is 11.7. The molecule has 0 unspecified atom stereocenters. The molecule has 1 aliphatic heterocycles. The number of benzene rings is 1. The summed E-state index contributed by atoms with van der Waals surface area (Å²) in [5.74, 6) is -0.189. The molecule has 0 spiro atoms. The first kappa shape index (κ1) is 23.1. The van der Waals surface area contributed by atoms with Gasteiger partial charge in [0.15, 0.2) is 0 Å². The van der Waals surface area contributed by atoms with Crippen LogP contribution in [-0.4, -0.2) is 76.3 Å². The number of nitrogens with one attached hydrogen (secondary N) is 1. The highest BCUT2D eigenvalue weighted by molar-refractivity contribution is 5.84. The average Bonchev–Trinajstić information content (AvgIpc) is 2.86. The van der Waals surface area contributed by atoms with Gasteiger partial charge in [-0.2, -0.15) is 5.10 Å². The van der Waals surface area contributed by atoms with E-state index in [2.05, 4.69) is 32.1 Å². The predicted octanol–water partition coefficient (Wildman–Crippen LogP) is 1.53. The summed E-state index contributed by atoms with van der Waals surface area (Å²) in [4.78, 5) is 34.5. The molecular formula is C25H32N6O2. The molecule has 0 aliphatic carbocycles. The summed E-state index contributed by atoms with van der Waals surface area (Å²) in [5, 5.41) is 8.91. The normalized spacial score (nSPS) is 15.1. The second kappa shape index (κ2) is 11.2. The van der Waals surface area contributed by atoms with Gasteiger partial charge in [0.2, 0.25) is 5.91 Å². The molecule has 1 aromatic carbocycles. The van der Waals surface area contributed by atoms with Crippen molar-refractivity contribution in [3.05, 3.63) is 70.4 Å². The molecule has 1 fully saturated rings. The first-order chi connectivity index (χ1) is 16.1. The highest BCUT2D eigenvalue weighted by atomic mass is 16.2. The average molecular weight is 449 g/mol. The zero-order valence-corrected chi connectivity index (χ0v) is 19.2. The number of hydrogen-bond acceptors (Lipinski definition) is 6. The number of fused-ring (bicyclic) bond motifs is 1. The van der Waals surface area contributed by atoms with E-state index >= 15 is 0 Å². The molecule has 1 N–H and O–H groups in total. The number of carbonyl (C=O) groups is 1. The van der Waals surface area contributed by atoms with Gasteiger partial charge in [0, 0.05) is 56.9 Å². The van der Waals surface area contributed by atoms with Gasteiger partial charge < -0.3 is 15.1 Å². The summed E-state index contributed by atoms with van der Waals surface area (Å²) in [6.45, 7) is 9.18. The van der Waals surface area contributed by atoms with Crippen molar-refractivity contribution in [3.8, 4) is 0 Å². The third-order valence-electron chi connectivity index (χ3n) is 6.24. The third kappa shape index (κ3) is 6.03. The predicted molar refractivity (Wildman–Crippen MR) is 129 cm³/mol. The topological polar surface area (TPSA) is 83.4 Å². The quantitative estimate of drug-likeness (QED) is 0.500. The number of pyridine rings is 1. The highest BCUT2D eigenvalue weighted by Crippen LogP contribution is 2.16. The zero-order chi connectivity index (χ0) is 23.0. The van der Waals surface area contributed by atoms with Crippen LogP contribution in [0.4, 0.5) is 0 Å². The monoisotopic (exact) mass is 448 g/mol. The smallest absolute Gasteiger partial charge is 0.275 e. The van der Waals surface area contributed by atoms with Crippen molar-refractivity contribution in [2.24, 2.45) is 0 Å². The van der Waals surface area contributed by atoms with Crippen LogP contribution in [0.15, 0.2) is 53.6 Å². The molecule has 174 valence electrons. The van der Waals surface area contributed by atoms with Crippen LogP contribution < -0.4 is 10.9 Å². The molecule has 3 aromatic rings. The van der Waals surface area contributed by atoms with Crippen LogP contribution in [0, 0.1) is 0 Å². The Hall–Kier alpha value is -3.10. The van der Waals surface area contributed by atoms with Crippen LogP contribution in [0.25, 0.3) is 10.8 Å². The molecule has 0 radical (unpaired) electrons. The summed E-state index contributed by atoms with van der Waals surface area (Å²) in [6.07, 6.45) is 4.94. The lowest BCUT2D eigenvalue weighted by atomic mass is 10.1.